The van der Waals surface area contributed by atoms with Crippen molar-refractivity contribution < 1.29 is 18.4 Å². The minimum atomic E-state index is -4.20. The fourth-order valence-electron chi connectivity index (χ4n) is 1.63. The molecular weight excluding hydrogens is 259 g/mol. The highest BCUT2D eigenvalue weighted by atomic mass is 19.4. The van der Waals surface area contributed by atoms with Crippen LogP contribution in [0.5, 0.6) is 0 Å². The van der Waals surface area contributed by atoms with Crippen molar-refractivity contribution in [3.63, 3.8) is 0 Å². The van der Waals surface area contributed by atoms with E-state index in [1.165, 1.54) is 4.90 Å². The van der Waals surface area contributed by atoms with E-state index in [0.717, 1.165) is 5.56 Å². The Bertz CT molecular complexity index is 429. The van der Waals surface area contributed by atoms with Crippen LogP contribution >= 0.6 is 0 Å². The third-order valence-electron chi connectivity index (χ3n) is 2.61. The quantitative estimate of drug-likeness (QED) is 0.375. The van der Waals surface area contributed by atoms with Crippen LogP contribution in [-0.4, -0.2) is 35.2 Å². The first-order chi connectivity index (χ1) is 8.85. The Balaban J connectivity index is 2.71. The van der Waals surface area contributed by atoms with Crippen LogP contribution in [0, 0.1) is 0 Å². The maximum Gasteiger partial charge on any atom is 0.401 e. The Morgan fingerprint density at radius 2 is 1.89 bits per heavy atom. The first kappa shape index (κ1) is 15.3. The molecule has 3 N–H and O–H groups in total. The molecule has 0 amide bonds. The maximum absolute atomic E-state index is 12.3. The highest BCUT2D eigenvalue weighted by Crippen LogP contribution is 2.18. The third kappa shape index (κ3) is 5.17. The zero-order valence-electron chi connectivity index (χ0n) is 10.5. The number of hydrogen-bond donors (Lipinski definition) is 2. The Labute approximate surface area is 109 Å². The lowest BCUT2D eigenvalue weighted by atomic mass is 10.1. The summed E-state index contributed by atoms with van der Waals surface area (Å²) in [6, 6.07) is 6.52. The molecule has 106 valence electrons. The molecule has 1 aromatic carbocycles. The second kappa shape index (κ2) is 6.42. The minimum Gasteiger partial charge on any atom is -0.409 e. The maximum atomic E-state index is 12.3. The summed E-state index contributed by atoms with van der Waals surface area (Å²) in [4.78, 5) is 1.29. The summed E-state index contributed by atoms with van der Waals surface area (Å²) in [6.07, 6.45) is -4.20. The summed E-state index contributed by atoms with van der Waals surface area (Å²) in [7, 11) is 0. The monoisotopic (exact) mass is 275 g/mol. The molecule has 0 radical (unpaired) electrons. The molecule has 1 aromatic rings. The molecule has 0 saturated carbocycles. The van der Waals surface area contributed by atoms with E-state index in [2.05, 4.69) is 5.16 Å². The molecule has 0 aliphatic carbocycles. The van der Waals surface area contributed by atoms with E-state index in [1.807, 2.05) is 0 Å². The number of nitrogens with zero attached hydrogens (tertiary/aromatic N) is 2. The van der Waals surface area contributed by atoms with Gasteiger partial charge in [-0.1, -0.05) is 36.3 Å². The molecule has 0 saturated heterocycles. The Kier molecular flexibility index (Phi) is 5.17. The predicted octanol–water partition coefficient (Wildman–Crippen LogP) is 2.17. The van der Waals surface area contributed by atoms with Gasteiger partial charge in [0.1, 0.15) is 0 Å². The fourth-order valence-corrected chi connectivity index (χ4v) is 1.63. The summed E-state index contributed by atoms with van der Waals surface area (Å²) < 4.78 is 36.9. The van der Waals surface area contributed by atoms with Crippen molar-refractivity contribution >= 4 is 5.84 Å². The van der Waals surface area contributed by atoms with Crippen LogP contribution < -0.4 is 5.73 Å². The molecule has 0 unspecified atom stereocenters. The first-order valence-corrected chi connectivity index (χ1v) is 5.71. The number of benzene rings is 1. The van der Waals surface area contributed by atoms with E-state index in [9.17, 15) is 13.2 Å². The second-order valence-corrected chi connectivity index (χ2v) is 4.10. The number of halogens is 3. The number of oxime groups is 1. The molecule has 0 fully saturated rings. The molecular formula is C12H16F3N3O. The van der Waals surface area contributed by atoms with E-state index >= 15 is 0 Å². The topological polar surface area (TPSA) is 61.8 Å². The van der Waals surface area contributed by atoms with Gasteiger partial charge in [0.2, 0.25) is 0 Å². The van der Waals surface area contributed by atoms with Crippen LogP contribution in [0.2, 0.25) is 0 Å². The van der Waals surface area contributed by atoms with E-state index < -0.39 is 12.7 Å². The second-order valence-electron chi connectivity index (χ2n) is 4.10. The standard InChI is InChI=1S/C12H16F3N3O/c1-2-18(8-12(13,14)15)7-9-3-5-10(6-4-9)11(16)17-19/h3-6,19H,2,7-8H2,1H3,(H2,16,17). The molecule has 7 heteroatoms. The largest absolute Gasteiger partial charge is 0.409 e. The third-order valence-corrected chi connectivity index (χ3v) is 2.61. The lowest BCUT2D eigenvalue weighted by Gasteiger charge is -2.21. The van der Waals surface area contributed by atoms with Crippen molar-refractivity contribution in [1.82, 2.24) is 4.90 Å². The van der Waals surface area contributed by atoms with Gasteiger partial charge in [0.05, 0.1) is 6.54 Å². The van der Waals surface area contributed by atoms with Crippen LogP contribution in [0.1, 0.15) is 18.1 Å². The summed E-state index contributed by atoms with van der Waals surface area (Å²) in [5.74, 6) is -0.0332. The normalized spacial score (nSPS) is 13.0. The minimum absolute atomic E-state index is 0.0332. The van der Waals surface area contributed by atoms with Gasteiger partial charge in [-0.25, -0.2) is 0 Å². The van der Waals surface area contributed by atoms with Gasteiger partial charge in [0.15, 0.2) is 5.84 Å². The van der Waals surface area contributed by atoms with Gasteiger partial charge in [-0.05, 0) is 12.1 Å². The Morgan fingerprint density at radius 1 is 1.32 bits per heavy atom. The zero-order valence-corrected chi connectivity index (χ0v) is 10.5. The predicted molar refractivity (Wildman–Crippen MR) is 66.0 cm³/mol. The van der Waals surface area contributed by atoms with Gasteiger partial charge in [-0.2, -0.15) is 13.2 Å². The number of rotatable bonds is 5. The summed E-state index contributed by atoms with van der Waals surface area (Å²) in [5.41, 5.74) is 6.65. The van der Waals surface area contributed by atoms with Gasteiger partial charge >= 0.3 is 6.18 Å². The van der Waals surface area contributed by atoms with E-state index in [0.29, 0.717) is 12.1 Å². The number of amidine groups is 1. The Hall–Kier alpha value is -1.76. The number of nitrogens with two attached hydrogens (primary N) is 1. The molecule has 0 atom stereocenters. The van der Waals surface area contributed by atoms with Crippen LogP contribution in [0.15, 0.2) is 29.4 Å². The molecule has 0 aliphatic heterocycles. The number of hydrogen-bond acceptors (Lipinski definition) is 3. The molecule has 4 nitrogen and oxygen atoms in total. The molecule has 0 bridgehead atoms. The van der Waals surface area contributed by atoms with Crippen LogP contribution in [0.4, 0.5) is 13.2 Å². The van der Waals surface area contributed by atoms with Crippen LogP contribution in [0.3, 0.4) is 0 Å². The summed E-state index contributed by atoms with van der Waals surface area (Å²) in [6.45, 7) is 1.25. The number of alkyl halides is 3. The van der Waals surface area contributed by atoms with E-state index in [4.69, 9.17) is 10.9 Å². The first-order valence-electron chi connectivity index (χ1n) is 5.71. The molecule has 19 heavy (non-hydrogen) atoms. The average Bonchev–Trinajstić information content (AvgIpc) is 2.36. The van der Waals surface area contributed by atoms with Gasteiger partial charge in [0.25, 0.3) is 0 Å². The van der Waals surface area contributed by atoms with Gasteiger partial charge in [-0.15, -0.1) is 0 Å². The van der Waals surface area contributed by atoms with E-state index in [1.54, 1.807) is 31.2 Å². The average molecular weight is 275 g/mol. The summed E-state index contributed by atoms with van der Waals surface area (Å²) >= 11 is 0. The molecule has 0 heterocycles. The molecule has 1 rings (SSSR count). The van der Waals surface area contributed by atoms with Crippen molar-refractivity contribution in [2.24, 2.45) is 10.9 Å². The highest BCUT2D eigenvalue weighted by Gasteiger charge is 2.29. The smallest absolute Gasteiger partial charge is 0.401 e. The zero-order chi connectivity index (χ0) is 14.5. The van der Waals surface area contributed by atoms with Crippen molar-refractivity contribution in [3.05, 3.63) is 35.4 Å². The van der Waals surface area contributed by atoms with Crippen LogP contribution in [0.25, 0.3) is 0 Å². The lowest BCUT2D eigenvalue weighted by molar-refractivity contribution is -0.146. The van der Waals surface area contributed by atoms with Gasteiger partial charge in [0, 0.05) is 12.1 Å². The molecule has 0 aromatic heterocycles. The summed E-state index contributed by atoms with van der Waals surface area (Å²) in [5, 5.41) is 11.3. The van der Waals surface area contributed by atoms with Crippen molar-refractivity contribution in [2.45, 2.75) is 19.6 Å². The highest BCUT2D eigenvalue weighted by molar-refractivity contribution is 5.96. The molecule has 0 aliphatic rings. The Morgan fingerprint density at radius 3 is 2.32 bits per heavy atom. The van der Waals surface area contributed by atoms with Gasteiger partial charge < -0.3 is 10.9 Å². The van der Waals surface area contributed by atoms with Crippen molar-refractivity contribution in [2.75, 3.05) is 13.1 Å². The molecule has 0 spiro atoms. The van der Waals surface area contributed by atoms with Crippen molar-refractivity contribution in [3.8, 4) is 0 Å². The SMILES string of the molecule is CCN(Cc1ccc(C(N)=NO)cc1)CC(F)(F)F. The van der Waals surface area contributed by atoms with Gasteiger partial charge in [-0.3, -0.25) is 4.90 Å². The van der Waals surface area contributed by atoms with Crippen LogP contribution in [-0.2, 0) is 6.54 Å². The lowest BCUT2D eigenvalue weighted by Crippen LogP contribution is -2.33. The van der Waals surface area contributed by atoms with Crippen molar-refractivity contribution in [1.29, 1.82) is 0 Å². The fraction of sp³-hybridized carbons (Fsp3) is 0.417. The van der Waals surface area contributed by atoms with E-state index in [-0.39, 0.29) is 12.4 Å².